The van der Waals surface area contributed by atoms with E-state index in [-0.39, 0.29) is 18.8 Å². The molecule has 0 fully saturated rings. The number of hydrogen-bond acceptors (Lipinski definition) is 7. The predicted molar refractivity (Wildman–Crippen MR) is 120 cm³/mol. The molecule has 0 spiro atoms. The molecule has 0 aliphatic carbocycles. The number of carbonyl (C=O) groups is 4. The van der Waals surface area contributed by atoms with Gasteiger partial charge in [-0.3, -0.25) is 14.4 Å². The standard InChI is InChI=1S/C22H34N4O7/c1-12(2)9-16(24-19(29)15(23)10-14-7-5-4-6-8-14)20(30)26-18(13(3)28)21(31)25-17(11-27)22(32)33/h4-8,12-13,15-18,27-28H,9-11,23H2,1-3H3,(H,24,29)(H,25,31)(H,26,30)(H,32,33). The molecular weight excluding hydrogens is 432 g/mol. The minimum absolute atomic E-state index is 0.00370. The Balaban J connectivity index is 2.89. The van der Waals surface area contributed by atoms with Gasteiger partial charge in [-0.2, -0.15) is 0 Å². The molecule has 3 amide bonds. The van der Waals surface area contributed by atoms with Crippen LogP contribution in [0.1, 0.15) is 32.8 Å². The summed E-state index contributed by atoms with van der Waals surface area (Å²) in [5, 5.41) is 35.0. The van der Waals surface area contributed by atoms with Crippen LogP contribution in [0.5, 0.6) is 0 Å². The van der Waals surface area contributed by atoms with E-state index in [1.807, 2.05) is 49.5 Å². The van der Waals surface area contributed by atoms with Crippen molar-refractivity contribution in [3.63, 3.8) is 0 Å². The topological polar surface area (TPSA) is 191 Å². The van der Waals surface area contributed by atoms with E-state index in [1.165, 1.54) is 6.92 Å². The normalized spacial score (nSPS) is 15.6. The number of carbonyl (C=O) groups excluding carboxylic acids is 3. The highest BCUT2D eigenvalue weighted by atomic mass is 16.4. The number of nitrogens with two attached hydrogens (primary N) is 1. The molecule has 0 heterocycles. The highest BCUT2D eigenvalue weighted by Crippen LogP contribution is 2.08. The molecule has 5 unspecified atom stereocenters. The molecule has 0 aliphatic heterocycles. The number of carboxylic acid groups (broad SMARTS) is 1. The van der Waals surface area contributed by atoms with E-state index in [0.29, 0.717) is 0 Å². The first-order valence-corrected chi connectivity index (χ1v) is 10.7. The second kappa shape index (κ2) is 13.5. The van der Waals surface area contributed by atoms with Crippen molar-refractivity contribution in [2.24, 2.45) is 11.7 Å². The highest BCUT2D eigenvalue weighted by Gasteiger charge is 2.32. The number of aliphatic carboxylic acids is 1. The summed E-state index contributed by atoms with van der Waals surface area (Å²) in [6.07, 6.45) is -0.880. The van der Waals surface area contributed by atoms with Crippen LogP contribution in [-0.2, 0) is 25.6 Å². The highest BCUT2D eigenvalue weighted by molar-refractivity contribution is 5.94. The monoisotopic (exact) mass is 466 g/mol. The van der Waals surface area contributed by atoms with Gasteiger partial charge >= 0.3 is 5.97 Å². The number of benzene rings is 1. The SMILES string of the molecule is CC(C)CC(NC(=O)C(N)Cc1ccccc1)C(=O)NC(C(=O)NC(CO)C(=O)O)C(C)O. The van der Waals surface area contributed by atoms with Crippen LogP contribution in [0.3, 0.4) is 0 Å². The molecule has 184 valence electrons. The molecule has 8 N–H and O–H groups in total. The average Bonchev–Trinajstić information content (AvgIpc) is 2.74. The third-order valence-electron chi connectivity index (χ3n) is 4.84. The Morgan fingerprint density at radius 1 is 0.909 bits per heavy atom. The van der Waals surface area contributed by atoms with Crippen LogP contribution in [0.25, 0.3) is 0 Å². The molecule has 11 nitrogen and oxygen atoms in total. The van der Waals surface area contributed by atoms with E-state index >= 15 is 0 Å². The summed E-state index contributed by atoms with van der Waals surface area (Å²) in [7, 11) is 0. The molecule has 1 aromatic carbocycles. The maximum absolute atomic E-state index is 12.9. The van der Waals surface area contributed by atoms with Crippen LogP contribution in [0.2, 0.25) is 0 Å². The molecule has 0 radical (unpaired) electrons. The molecular formula is C22H34N4O7. The lowest BCUT2D eigenvalue weighted by molar-refractivity contribution is -0.144. The van der Waals surface area contributed by atoms with Gasteiger partial charge in [-0.25, -0.2) is 4.79 Å². The molecule has 0 saturated heterocycles. The Labute approximate surface area is 192 Å². The number of carboxylic acids is 1. The van der Waals surface area contributed by atoms with Crippen LogP contribution >= 0.6 is 0 Å². The number of hydrogen-bond donors (Lipinski definition) is 7. The van der Waals surface area contributed by atoms with E-state index in [9.17, 15) is 24.3 Å². The Morgan fingerprint density at radius 3 is 1.97 bits per heavy atom. The Bertz CT molecular complexity index is 801. The lowest BCUT2D eigenvalue weighted by atomic mass is 10.0. The second-order valence-electron chi connectivity index (χ2n) is 8.30. The van der Waals surface area contributed by atoms with Crippen molar-refractivity contribution in [2.45, 2.75) is 63.9 Å². The largest absolute Gasteiger partial charge is 0.480 e. The Hall–Kier alpha value is -3.02. The van der Waals surface area contributed by atoms with E-state index in [1.54, 1.807) is 0 Å². The van der Waals surface area contributed by atoms with Gasteiger partial charge in [0, 0.05) is 0 Å². The molecule has 5 atom stereocenters. The third kappa shape index (κ3) is 9.56. The summed E-state index contributed by atoms with van der Waals surface area (Å²) < 4.78 is 0. The Kier molecular flexibility index (Phi) is 11.5. The number of nitrogens with one attached hydrogen (secondary N) is 3. The first-order valence-electron chi connectivity index (χ1n) is 10.7. The Morgan fingerprint density at radius 2 is 1.48 bits per heavy atom. The van der Waals surface area contributed by atoms with Crippen molar-refractivity contribution in [2.75, 3.05) is 6.61 Å². The lowest BCUT2D eigenvalue weighted by Crippen LogP contribution is -2.60. The first-order chi connectivity index (χ1) is 15.5. The third-order valence-corrected chi connectivity index (χ3v) is 4.84. The molecule has 0 aliphatic rings. The van der Waals surface area contributed by atoms with Crippen LogP contribution in [0, 0.1) is 5.92 Å². The predicted octanol–water partition coefficient (Wildman–Crippen LogP) is -1.49. The summed E-state index contributed by atoms with van der Waals surface area (Å²) in [6, 6.07) is 4.08. The summed E-state index contributed by atoms with van der Waals surface area (Å²) in [5.41, 5.74) is 6.85. The number of amides is 3. The fourth-order valence-electron chi connectivity index (χ4n) is 3.05. The zero-order chi connectivity index (χ0) is 25.1. The van der Waals surface area contributed by atoms with Gasteiger partial charge in [0.2, 0.25) is 17.7 Å². The van der Waals surface area contributed by atoms with Crippen molar-refractivity contribution >= 4 is 23.7 Å². The van der Waals surface area contributed by atoms with Gasteiger partial charge in [0.05, 0.1) is 18.8 Å². The van der Waals surface area contributed by atoms with Gasteiger partial charge in [0.25, 0.3) is 0 Å². The van der Waals surface area contributed by atoms with E-state index in [4.69, 9.17) is 15.9 Å². The quantitative estimate of drug-likeness (QED) is 0.183. The van der Waals surface area contributed by atoms with E-state index < -0.39 is 60.6 Å². The van der Waals surface area contributed by atoms with Crippen molar-refractivity contribution in [1.82, 2.24) is 16.0 Å². The minimum atomic E-state index is -1.60. The van der Waals surface area contributed by atoms with Gasteiger partial charge in [0.1, 0.15) is 18.1 Å². The van der Waals surface area contributed by atoms with Gasteiger partial charge in [-0.05, 0) is 31.2 Å². The van der Waals surface area contributed by atoms with Gasteiger partial charge in [0.15, 0.2) is 0 Å². The smallest absolute Gasteiger partial charge is 0.328 e. The fourth-order valence-corrected chi connectivity index (χ4v) is 3.05. The lowest BCUT2D eigenvalue weighted by Gasteiger charge is -2.27. The van der Waals surface area contributed by atoms with Crippen molar-refractivity contribution < 1.29 is 34.5 Å². The maximum atomic E-state index is 12.9. The fraction of sp³-hybridized carbons (Fsp3) is 0.545. The summed E-state index contributed by atoms with van der Waals surface area (Å²) in [6.45, 7) is 4.06. The van der Waals surface area contributed by atoms with Gasteiger partial charge in [-0.15, -0.1) is 0 Å². The van der Waals surface area contributed by atoms with Crippen LogP contribution in [0.4, 0.5) is 0 Å². The average molecular weight is 467 g/mol. The van der Waals surface area contributed by atoms with Gasteiger partial charge < -0.3 is 37.0 Å². The molecule has 0 aromatic heterocycles. The van der Waals surface area contributed by atoms with Gasteiger partial charge in [-0.1, -0.05) is 44.2 Å². The zero-order valence-corrected chi connectivity index (χ0v) is 19.0. The molecule has 1 rings (SSSR count). The van der Waals surface area contributed by atoms with Crippen LogP contribution in [-0.4, -0.2) is 75.9 Å². The maximum Gasteiger partial charge on any atom is 0.328 e. The van der Waals surface area contributed by atoms with Crippen molar-refractivity contribution in [3.05, 3.63) is 35.9 Å². The van der Waals surface area contributed by atoms with Crippen molar-refractivity contribution in [1.29, 1.82) is 0 Å². The molecule has 0 saturated carbocycles. The zero-order valence-electron chi connectivity index (χ0n) is 19.0. The number of rotatable bonds is 13. The number of aliphatic hydroxyl groups is 2. The van der Waals surface area contributed by atoms with Crippen LogP contribution in [0.15, 0.2) is 30.3 Å². The molecule has 33 heavy (non-hydrogen) atoms. The number of aliphatic hydroxyl groups excluding tert-OH is 2. The van der Waals surface area contributed by atoms with E-state index in [0.717, 1.165) is 5.56 Å². The summed E-state index contributed by atoms with van der Waals surface area (Å²) >= 11 is 0. The minimum Gasteiger partial charge on any atom is -0.480 e. The van der Waals surface area contributed by atoms with E-state index in [2.05, 4.69) is 10.6 Å². The molecule has 0 bridgehead atoms. The summed E-state index contributed by atoms with van der Waals surface area (Å²) in [4.78, 5) is 48.9. The van der Waals surface area contributed by atoms with Crippen LogP contribution < -0.4 is 21.7 Å². The van der Waals surface area contributed by atoms with Crippen molar-refractivity contribution in [3.8, 4) is 0 Å². The summed E-state index contributed by atoms with van der Waals surface area (Å²) in [5.74, 6) is -3.75. The molecule has 11 heteroatoms. The molecule has 1 aromatic rings. The second-order valence-corrected chi connectivity index (χ2v) is 8.30. The first kappa shape index (κ1) is 28.0.